The van der Waals surface area contributed by atoms with Crippen LogP contribution in [0.15, 0.2) is 42.5 Å². The summed E-state index contributed by atoms with van der Waals surface area (Å²) in [7, 11) is -1.51. The Balaban J connectivity index is 1.17. The zero-order valence-electron chi connectivity index (χ0n) is 25.9. The smallest absolute Gasteiger partial charge is 0.0555 e. The lowest BCUT2D eigenvalue weighted by molar-refractivity contribution is 0.122. The van der Waals surface area contributed by atoms with E-state index in [0.29, 0.717) is 0 Å². The molecule has 0 N–H and O–H groups in total. The van der Waals surface area contributed by atoms with Crippen LogP contribution in [0, 0.1) is 53.3 Å². The number of fused-ring (bicyclic) bond motifs is 6. The van der Waals surface area contributed by atoms with Crippen LogP contribution in [0.1, 0.15) is 90.0 Å². The van der Waals surface area contributed by atoms with Crippen molar-refractivity contribution in [3.8, 4) is 0 Å². The Hall–Kier alpha value is -0.733. The van der Waals surface area contributed by atoms with Gasteiger partial charge in [-0.3, -0.25) is 0 Å². The first-order valence-corrected chi connectivity index (χ1v) is 21.6. The van der Waals surface area contributed by atoms with E-state index in [0.717, 1.165) is 80.8 Å². The minimum absolute atomic E-state index is 0.797. The lowest BCUT2D eigenvalue weighted by Crippen LogP contribution is -2.48. The Labute approximate surface area is 250 Å². The van der Waals surface area contributed by atoms with Crippen molar-refractivity contribution in [2.24, 2.45) is 53.3 Å². The summed E-state index contributed by atoms with van der Waals surface area (Å²) in [6.07, 6.45) is 13.7. The van der Waals surface area contributed by atoms with E-state index in [2.05, 4.69) is 88.1 Å². The Morgan fingerprint density at radius 3 is 2.35 bits per heavy atom. The average molecular weight is 571 g/mol. The third kappa shape index (κ3) is 3.82. The van der Waals surface area contributed by atoms with Crippen molar-refractivity contribution in [2.45, 2.75) is 119 Å². The summed E-state index contributed by atoms with van der Waals surface area (Å²) in [5.41, 5.74) is 3.79. The zero-order chi connectivity index (χ0) is 27.3. The summed E-state index contributed by atoms with van der Waals surface area (Å²) in [5.74, 6) is 9.51. The molecule has 0 amide bonds. The Kier molecular flexibility index (Phi) is 6.65. The second kappa shape index (κ2) is 9.90. The van der Waals surface area contributed by atoms with Gasteiger partial charge in [0, 0.05) is 10.5 Å². The van der Waals surface area contributed by atoms with Crippen molar-refractivity contribution >= 4 is 30.6 Å². The van der Waals surface area contributed by atoms with Gasteiger partial charge in [-0.25, -0.2) is 0 Å². The van der Waals surface area contributed by atoms with Gasteiger partial charge < -0.3 is 0 Å². The van der Waals surface area contributed by atoms with E-state index in [1.165, 1.54) is 50.3 Å². The second-order valence-corrected chi connectivity index (χ2v) is 22.9. The van der Waals surface area contributed by atoms with E-state index in [1.807, 2.05) is 0 Å². The molecule has 14 atom stereocenters. The normalized spacial score (nSPS) is 48.1. The number of rotatable bonds is 3. The predicted octanol–water partition coefficient (Wildman–Crippen LogP) is 11.0. The van der Waals surface area contributed by atoms with Gasteiger partial charge in [-0.05, 0) is 119 Å². The molecule has 14 unspecified atom stereocenters. The highest BCUT2D eigenvalue weighted by atomic mass is 32.2. The van der Waals surface area contributed by atoms with E-state index < -0.39 is 8.07 Å². The first-order chi connectivity index (χ1) is 19.4. The van der Waals surface area contributed by atoms with Crippen molar-refractivity contribution in [1.82, 2.24) is 0 Å². The fourth-order valence-electron chi connectivity index (χ4n) is 13.5. The average Bonchev–Trinajstić information content (AvgIpc) is 3.69. The van der Waals surface area contributed by atoms with E-state index >= 15 is 0 Å². The molecule has 6 fully saturated rings. The predicted molar refractivity (Wildman–Crippen MR) is 177 cm³/mol. The topological polar surface area (TPSA) is 0 Å². The van der Waals surface area contributed by atoms with Crippen LogP contribution in [-0.4, -0.2) is 18.6 Å². The molecule has 40 heavy (non-hydrogen) atoms. The van der Waals surface area contributed by atoms with Crippen LogP contribution in [0.3, 0.4) is 0 Å². The molecule has 0 aromatic heterocycles. The van der Waals surface area contributed by atoms with Gasteiger partial charge in [-0.1, -0.05) is 102 Å². The highest BCUT2D eigenvalue weighted by Crippen LogP contribution is 2.71. The molecule has 6 aliphatic rings. The molecule has 2 aromatic rings. The molecule has 0 bridgehead atoms. The molecular formula is C38H54SSi. The molecule has 5 saturated carbocycles. The molecule has 8 rings (SSSR count). The van der Waals surface area contributed by atoms with E-state index in [9.17, 15) is 0 Å². The van der Waals surface area contributed by atoms with Gasteiger partial charge in [0.05, 0.1) is 8.07 Å². The van der Waals surface area contributed by atoms with Crippen molar-refractivity contribution in [3.63, 3.8) is 0 Å². The maximum Gasteiger partial charge on any atom is 0.0555 e. The van der Waals surface area contributed by atoms with Crippen molar-refractivity contribution in [2.75, 3.05) is 0 Å². The zero-order valence-corrected chi connectivity index (χ0v) is 27.7. The van der Waals surface area contributed by atoms with Crippen LogP contribution < -0.4 is 0 Å². The highest BCUT2D eigenvalue weighted by Gasteiger charge is 2.65. The van der Waals surface area contributed by atoms with Gasteiger partial charge in [0.25, 0.3) is 0 Å². The van der Waals surface area contributed by atoms with Gasteiger partial charge in [0.15, 0.2) is 0 Å². The van der Waals surface area contributed by atoms with Crippen LogP contribution in [0.4, 0.5) is 0 Å². The summed E-state index contributed by atoms with van der Waals surface area (Å²) in [6.45, 7) is 14.0. The largest absolute Gasteiger partial charge is 0.155 e. The van der Waals surface area contributed by atoms with Crippen LogP contribution >= 0.6 is 11.8 Å². The minimum atomic E-state index is -1.51. The second-order valence-electron chi connectivity index (χ2n) is 16.5. The Morgan fingerprint density at radius 1 is 0.700 bits per heavy atom. The Bertz CT molecular complexity index is 1250. The molecule has 2 aromatic carbocycles. The molecule has 1 heterocycles. The molecule has 1 saturated heterocycles. The van der Waals surface area contributed by atoms with E-state index in [1.54, 1.807) is 23.8 Å². The lowest BCUT2D eigenvalue weighted by Gasteiger charge is -2.50. The van der Waals surface area contributed by atoms with Crippen LogP contribution in [0.5, 0.6) is 0 Å². The number of hydrogen-bond donors (Lipinski definition) is 0. The standard InChI is InChI=1S/C38H54SSi/c1-22-20-31-32(21-26-14-11-17-28(26)35(31)29-18-10-13-25-12-6-7-15-27(25)29)37(22)40(4,5)38-24(3)23(2)34-30-16-8-9-19-33(30)39-36(34)38/h6-7,10,12-13,15,18,22-24,26,28,30-38H,8-9,11,14,16-17,19-21H2,1-5H3. The fourth-order valence-corrected chi connectivity index (χ4v) is 23.4. The molecule has 0 nitrogen and oxygen atoms in total. The van der Waals surface area contributed by atoms with Crippen molar-refractivity contribution in [3.05, 3.63) is 48.0 Å². The van der Waals surface area contributed by atoms with E-state index in [-0.39, 0.29) is 0 Å². The maximum absolute atomic E-state index is 2.93. The van der Waals surface area contributed by atoms with Crippen LogP contribution in [0.25, 0.3) is 10.8 Å². The SMILES string of the molecule is CC1CC2C(CC3CCCC3C2c2cccc3ccccc23)C1[Si](C)(C)C1C(C)C(C)C2C3CCCCC3SC21. The maximum atomic E-state index is 2.93. The summed E-state index contributed by atoms with van der Waals surface area (Å²) in [5, 5.41) is 5.03. The Morgan fingerprint density at radius 2 is 1.48 bits per heavy atom. The summed E-state index contributed by atoms with van der Waals surface area (Å²) in [4.78, 5) is 0. The number of thioether (sulfide) groups is 1. The molecule has 216 valence electrons. The van der Waals surface area contributed by atoms with E-state index in [4.69, 9.17) is 0 Å². The molecular weight excluding hydrogens is 517 g/mol. The van der Waals surface area contributed by atoms with Crippen LogP contribution in [0.2, 0.25) is 24.2 Å². The fraction of sp³-hybridized carbons (Fsp3) is 0.737. The van der Waals surface area contributed by atoms with Gasteiger partial charge >= 0.3 is 0 Å². The first-order valence-electron chi connectivity index (χ1n) is 17.5. The third-order valence-corrected chi connectivity index (χ3v) is 22.1. The van der Waals surface area contributed by atoms with Gasteiger partial charge in [0.1, 0.15) is 0 Å². The number of hydrogen-bond acceptors (Lipinski definition) is 1. The first kappa shape index (κ1) is 26.9. The molecule has 5 aliphatic carbocycles. The molecule has 0 spiro atoms. The van der Waals surface area contributed by atoms with Gasteiger partial charge in [-0.15, -0.1) is 0 Å². The lowest BCUT2D eigenvalue weighted by atomic mass is 9.61. The number of benzene rings is 2. The van der Waals surface area contributed by atoms with Crippen molar-refractivity contribution < 1.29 is 0 Å². The minimum Gasteiger partial charge on any atom is -0.155 e. The monoisotopic (exact) mass is 570 g/mol. The van der Waals surface area contributed by atoms with Crippen LogP contribution in [-0.2, 0) is 0 Å². The molecule has 1 aliphatic heterocycles. The highest BCUT2D eigenvalue weighted by molar-refractivity contribution is 8.01. The molecule has 2 heteroatoms. The van der Waals surface area contributed by atoms with Gasteiger partial charge in [0.2, 0.25) is 0 Å². The summed E-state index contributed by atoms with van der Waals surface area (Å²) >= 11 is 2.55. The van der Waals surface area contributed by atoms with Gasteiger partial charge in [-0.2, -0.15) is 11.8 Å². The van der Waals surface area contributed by atoms with Crippen molar-refractivity contribution in [1.29, 1.82) is 0 Å². The third-order valence-electron chi connectivity index (χ3n) is 14.7. The molecule has 0 radical (unpaired) electrons. The quantitative estimate of drug-likeness (QED) is 0.331. The summed E-state index contributed by atoms with van der Waals surface area (Å²) < 4.78 is 0. The summed E-state index contributed by atoms with van der Waals surface area (Å²) in [6, 6.07) is 16.7.